The van der Waals surface area contributed by atoms with Gasteiger partial charge in [0.15, 0.2) is 29.0 Å². The number of nitrogens with two attached hydrogens (primary N) is 1. The summed E-state index contributed by atoms with van der Waals surface area (Å²) in [5.74, 6) is 14.9. The summed E-state index contributed by atoms with van der Waals surface area (Å²) in [6, 6.07) is 14.7. The Morgan fingerprint density at radius 3 is 2.73 bits per heavy atom. The number of allylic oxidation sites excluding steroid dienone is 2. The number of fused-ring (bicyclic) bond motifs is 5. The number of pyridine rings is 1. The number of aliphatic imine (C=N–C) groups is 1. The molecule has 2 aromatic carbocycles. The molecule has 19 nitrogen and oxygen atoms in total. The molecule has 19 heteroatoms. The Kier molecular flexibility index (Phi) is 17.4. The van der Waals surface area contributed by atoms with Crippen molar-refractivity contribution < 1.29 is 44.2 Å². The van der Waals surface area contributed by atoms with E-state index in [0.29, 0.717) is 93.5 Å². The molecule has 9 aliphatic rings. The number of hydrogen-bond acceptors (Lipinski definition) is 15. The van der Waals surface area contributed by atoms with E-state index in [1.54, 1.807) is 24.5 Å². The molecule has 2 saturated heterocycles. The molecule has 1 spiro atoms. The predicted molar refractivity (Wildman–Crippen MR) is 350 cm³/mol. The van der Waals surface area contributed by atoms with E-state index in [9.17, 15) is 25.2 Å². The predicted octanol–water partition coefficient (Wildman–Crippen LogP) is 8.78. The summed E-state index contributed by atoms with van der Waals surface area (Å²) in [5, 5.41) is 68.6. The molecule has 8 heterocycles. The van der Waals surface area contributed by atoms with E-state index < -0.39 is 65.6 Å². The Balaban J connectivity index is 0.928. The first kappa shape index (κ1) is 61.7. The minimum atomic E-state index is -1.07. The highest BCUT2D eigenvalue weighted by Crippen LogP contribution is 2.58. The number of dihydropyridines is 1. The minimum absolute atomic E-state index is 0.0104. The minimum Gasteiger partial charge on any atom is -0.504 e. The summed E-state index contributed by atoms with van der Waals surface area (Å²) < 4.78 is 29.9. The summed E-state index contributed by atoms with van der Waals surface area (Å²) in [6.45, 7) is 6.82. The molecule has 16 atom stereocenters. The van der Waals surface area contributed by atoms with Crippen molar-refractivity contribution in [2.75, 3.05) is 32.8 Å². The first-order valence-electron chi connectivity index (χ1n) is 33.9. The van der Waals surface area contributed by atoms with Gasteiger partial charge in [0, 0.05) is 105 Å². The van der Waals surface area contributed by atoms with Crippen LogP contribution in [0.4, 0.5) is 0 Å². The van der Waals surface area contributed by atoms with Gasteiger partial charge in [-0.05, 0) is 160 Å². The first-order valence-corrected chi connectivity index (χ1v) is 33.9. The molecule has 6 fully saturated rings. The maximum absolute atomic E-state index is 13.7. The number of benzene rings is 2. The van der Waals surface area contributed by atoms with Crippen molar-refractivity contribution in [1.82, 2.24) is 41.1 Å². The average Bonchev–Trinajstić information content (AvgIpc) is 1.00. The van der Waals surface area contributed by atoms with E-state index >= 15 is 0 Å². The zero-order valence-electron chi connectivity index (χ0n) is 53.0. The van der Waals surface area contributed by atoms with Crippen LogP contribution in [0.1, 0.15) is 139 Å². The summed E-state index contributed by atoms with van der Waals surface area (Å²) >= 11 is 0. The van der Waals surface area contributed by atoms with E-state index in [2.05, 4.69) is 102 Å². The number of rotatable bonds is 14. The van der Waals surface area contributed by atoms with Crippen molar-refractivity contribution in [2.45, 2.75) is 171 Å². The number of carbonyl (C=O) groups is 1. The molecule has 3 aromatic heterocycles. The Hall–Kier alpha value is -7.81. The quantitative estimate of drug-likeness (QED) is 0.0282. The fourth-order valence-corrected chi connectivity index (χ4v) is 18.0. The van der Waals surface area contributed by atoms with Gasteiger partial charge >= 0.3 is 5.97 Å². The average molecular weight is 1250 g/mol. The lowest BCUT2D eigenvalue weighted by molar-refractivity contribution is -0.219. The monoisotopic (exact) mass is 1250 g/mol. The van der Waals surface area contributed by atoms with Gasteiger partial charge in [-0.3, -0.25) is 20.1 Å². The lowest BCUT2D eigenvalue weighted by atomic mass is 9.55. The fraction of sp³-hybridized carbons (Fsp3) is 0.548. The number of H-pyrrole nitrogens is 1. The highest BCUT2D eigenvalue weighted by Gasteiger charge is 2.62. The topological polar surface area (TPSA) is 267 Å². The van der Waals surface area contributed by atoms with Crippen LogP contribution in [-0.2, 0) is 27.1 Å². The second-order valence-electron chi connectivity index (χ2n) is 27.9. The van der Waals surface area contributed by atoms with E-state index in [1.807, 2.05) is 30.5 Å². The second kappa shape index (κ2) is 25.9. The number of aromatic amines is 1. The van der Waals surface area contributed by atoms with Crippen LogP contribution in [0, 0.1) is 70.0 Å². The largest absolute Gasteiger partial charge is 0.504 e. The standard InChI is InChI=1S/C73H90N10O9/c1-3-75-40-52-13-7-25-71(52,37-47-22-29-78-64(74)33-47)43-79-70-81-68(83-41-49-23-30-77-56(49)42-83)65-69(88)80-55-14-5-4-11-48(55)12-6-26-72-38-46-16-21-57(85)62(32-46)91-59-15-8-27-73(65,82-70)54(59)20-18-51(72)17-19-53-61(90-44(2)84)36-60(92-67(53)72)50-34-58(86)66(87)63(35-50)89-31-24-45-10-9-28-76-39-45/h9-10,16,21-23,28,30,32-35,39,41-42,48,51-55,59-61,65,67-69,75,77-78,80,85-88H,3-5,7-8,11,13-15,17,19,24-27,29,31,36-38,40,43,74H2,1-2H3,(H2,79,81,82)/t48-,51+,52+,53+,54+,55+,59-,60+,61+,65-,67-,68-,69-,71+,72+,73-/m1/s1. The number of aromatic hydroxyl groups is 3. The van der Waals surface area contributed by atoms with Crippen molar-refractivity contribution in [3.05, 3.63) is 120 Å². The number of hydrogen-bond donors (Lipinski definition) is 11. The summed E-state index contributed by atoms with van der Waals surface area (Å²) in [5.41, 5.74) is 9.04. The molecule has 14 rings (SSSR count). The van der Waals surface area contributed by atoms with E-state index in [1.165, 1.54) is 18.6 Å². The Morgan fingerprint density at radius 1 is 0.989 bits per heavy atom. The lowest BCUT2D eigenvalue weighted by Crippen LogP contribution is -2.75. The van der Waals surface area contributed by atoms with Gasteiger partial charge in [-0.15, -0.1) is 5.92 Å². The normalized spacial score (nSPS) is 34.3. The van der Waals surface area contributed by atoms with Gasteiger partial charge in [-0.2, -0.15) is 0 Å². The Labute approximate surface area is 539 Å². The fourth-order valence-electron chi connectivity index (χ4n) is 18.0. The molecule has 0 radical (unpaired) electrons. The highest BCUT2D eigenvalue weighted by molar-refractivity contribution is 5.83. The molecule has 486 valence electrons. The van der Waals surface area contributed by atoms with Crippen molar-refractivity contribution in [3.8, 4) is 52.4 Å². The number of carbonyl (C=O) groups excluding carboxylic acids is 1. The third kappa shape index (κ3) is 12.0. The third-order valence-corrected chi connectivity index (χ3v) is 22.4. The SMILES string of the molecule is CCNC[C@@H]1CCC[C@@]1(CN=C1N[C@H](n2cc3cc[nH]c3c2)[C@@H]2[C@@H](O)N[C@H]3CCCC[C@@H]3C#CC[C@]34Cc5ccc(O)c(c5)O[C@@H]5CCC[C@@]2(N1)[C@H]5C#C[C@@H]3CC[C@H]1[C@@H](OC(C)=O)C[C@@H](c2cc(O)c(O)c(OCCc3cccnc3)c2)O[C@H]14)CC1=CCNC(N)=C1. The number of esters is 1. The number of aliphatic hydroxyl groups excluding tert-OH is 1. The van der Waals surface area contributed by atoms with Gasteiger partial charge < -0.3 is 75.9 Å². The molecule has 4 aliphatic carbocycles. The van der Waals surface area contributed by atoms with Gasteiger partial charge in [0.05, 0.1) is 47.5 Å². The van der Waals surface area contributed by atoms with Gasteiger partial charge in [-0.25, -0.2) is 0 Å². The van der Waals surface area contributed by atoms with Gasteiger partial charge in [0.1, 0.15) is 24.6 Å². The van der Waals surface area contributed by atoms with Crippen LogP contribution in [0.15, 0.2) is 108 Å². The first-order chi connectivity index (χ1) is 44.8. The highest BCUT2D eigenvalue weighted by atomic mass is 16.6. The summed E-state index contributed by atoms with van der Waals surface area (Å²) in [4.78, 5) is 26.9. The summed E-state index contributed by atoms with van der Waals surface area (Å²) in [7, 11) is 0. The van der Waals surface area contributed by atoms with Crippen LogP contribution in [0.2, 0.25) is 0 Å². The number of aliphatic hydroxyl groups is 1. The molecular formula is C73H90N10O9. The molecule has 4 saturated carbocycles. The second-order valence-corrected chi connectivity index (χ2v) is 27.9. The van der Waals surface area contributed by atoms with Crippen molar-refractivity contribution in [1.29, 1.82) is 0 Å². The maximum Gasteiger partial charge on any atom is 0.302 e. The number of phenolic OH excluding ortho intramolecular Hbond substituents is 3. The molecule has 12 N–H and O–H groups in total. The molecule has 5 aliphatic heterocycles. The third-order valence-electron chi connectivity index (χ3n) is 22.4. The number of ether oxygens (including phenoxy) is 4. The number of aromatic nitrogens is 3. The van der Waals surface area contributed by atoms with Crippen molar-refractivity contribution >= 4 is 22.8 Å². The van der Waals surface area contributed by atoms with Crippen LogP contribution < -0.4 is 41.8 Å². The van der Waals surface area contributed by atoms with Gasteiger partial charge in [-0.1, -0.05) is 62.2 Å². The van der Waals surface area contributed by atoms with Crippen LogP contribution >= 0.6 is 0 Å². The Morgan fingerprint density at radius 2 is 1.88 bits per heavy atom. The smallest absolute Gasteiger partial charge is 0.302 e. The van der Waals surface area contributed by atoms with Crippen LogP contribution in [-0.4, -0.2) is 116 Å². The van der Waals surface area contributed by atoms with Crippen LogP contribution in [0.25, 0.3) is 10.9 Å². The molecule has 5 aromatic rings. The summed E-state index contributed by atoms with van der Waals surface area (Å²) in [6.07, 6.45) is 22.5. The van der Waals surface area contributed by atoms with E-state index in [4.69, 9.17) is 29.7 Å². The van der Waals surface area contributed by atoms with Crippen molar-refractivity contribution in [2.24, 2.45) is 57.1 Å². The molecular weight excluding hydrogens is 1160 g/mol. The molecule has 92 heavy (non-hydrogen) atoms. The Bertz CT molecular complexity index is 3720. The van der Waals surface area contributed by atoms with E-state index in [-0.39, 0.29) is 58.8 Å². The number of guanidine groups is 1. The number of nitrogens with one attached hydrogen (secondary N) is 6. The zero-order valence-corrected chi connectivity index (χ0v) is 53.0. The van der Waals surface area contributed by atoms with Gasteiger partial charge in [0.2, 0.25) is 5.75 Å². The zero-order chi connectivity index (χ0) is 63.1. The number of phenols is 3. The van der Waals surface area contributed by atoms with Crippen LogP contribution in [0.3, 0.4) is 0 Å². The maximum atomic E-state index is 13.7. The molecule has 0 amide bonds. The molecule has 4 bridgehead atoms. The van der Waals surface area contributed by atoms with Crippen LogP contribution in [0.5, 0.6) is 28.7 Å². The van der Waals surface area contributed by atoms with Gasteiger partial charge in [0.25, 0.3) is 0 Å². The molecule has 0 unspecified atom stereocenters. The number of nitrogens with zero attached hydrogens (tertiary/aromatic N) is 3. The lowest BCUT2D eigenvalue weighted by Gasteiger charge is -2.57. The van der Waals surface area contributed by atoms with Crippen molar-refractivity contribution in [3.63, 3.8) is 0 Å². The van der Waals surface area contributed by atoms with E-state index in [0.717, 1.165) is 92.9 Å².